The fourth-order valence-electron chi connectivity index (χ4n) is 3.45. The van der Waals surface area contributed by atoms with E-state index in [1.807, 2.05) is 23.9 Å². The van der Waals surface area contributed by atoms with Crippen molar-refractivity contribution < 1.29 is 9.53 Å². The van der Waals surface area contributed by atoms with Gasteiger partial charge in [0.15, 0.2) is 0 Å². The first-order valence-electron chi connectivity index (χ1n) is 8.31. The second kappa shape index (κ2) is 7.09. The minimum Gasteiger partial charge on any atom is -0.372 e. The Morgan fingerprint density at radius 3 is 3.00 bits per heavy atom. The van der Waals surface area contributed by atoms with Gasteiger partial charge in [0, 0.05) is 38.4 Å². The summed E-state index contributed by atoms with van der Waals surface area (Å²) < 4.78 is 7.70. The van der Waals surface area contributed by atoms with E-state index in [0.717, 1.165) is 31.6 Å². The van der Waals surface area contributed by atoms with Crippen LogP contribution in [0.15, 0.2) is 23.9 Å². The highest BCUT2D eigenvalue weighted by Gasteiger charge is 2.31. The maximum atomic E-state index is 12.1. The number of ether oxygens (including phenoxy) is 1. The van der Waals surface area contributed by atoms with Crippen LogP contribution < -0.4 is 5.32 Å². The van der Waals surface area contributed by atoms with Gasteiger partial charge in [-0.25, -0.2) is 0 Å². The lowest BCUT2D eigenvalue weighted by Crippen LogP contribution is -2.30. The SMILES string of the molecule is Cn1nccc1[C@@H]1OCC[C@H]1CNC(=O)C=C1CCCCC1. The Kier molecular flexibility index (Phi) is 4.93. The van der Waals surface area contributed by atoms with Crippen molar-refractivity contribution in [2.45, 2.75) is 44.6 Å². The van der Waals surface area contributed by atoms with Gasteiger partial charge in [-0.1, -0.05) is 12.0 Å². The molecule has 1 amide bonds. The van der Waals surface area contributed by atoms with Crippen LogP contribution in [-0.2, 0) is 16.6 Å². The van der Waals surface area contributed by atoms with E-state index < -0.39 is 0 Å². The molecule has 2 atom stereocenters. The summed E-state index contributed by atoms with van der Waals surface area (Å²) in [5.41, 5.74) is 2.39. The van der Waals surface area contributed by atoms with E-state index in [0.29, 0.717) is 12.5 Å². The molecule has 0 bridgehead atoms. The number of nitrogens with one attached hydrogen (secondary N) is 1. The van der Waals surface area contributed by atoms with Gasteiger partial charge in [0.05, 0.1) is 5.69 Å². The average molecular weight is 303 g/mol. The van der Waals surface area contributed by atoms with Gasteiger partial charge in [0.1, 0.15) is 6.10 Å². The average Bonchev–Trinajstić information content (AvgIpc) is 3.14. The van der Waals surface area contributed by atoms with Crippen LogP contribution in [0.5, 0.6) is 0 Å². The topological polar surface area (TPSA) is 56.1 Å². The van der Waals surface area contributed by atoms with Gasteiger partial charge in [-0.15, -0.1) is 0 Å². The summed E-state index contributed by atoms with van der Waals surface area (Å²) in [6.07, 6.45) is 10.5. The van der Waals surface area contributed by atoms with Crippen LogP contribution in [-0.4, -0.2) is 28.8 Å². The maximum Gasteiger partial charge on any atom is 0.243 e. The normalized spacial score (nSPS) is 25.2. The first-order chi connectivity index (χ1) is 10.7. The smallest absolute Gasteiger partial charge is 0.243 e. The van der Waals surface area contributed by atoms with Crippen LogP contribution in [0.2, 0.25) is 0 Å². The predicted octanol–water partition coefficient (Wildman–Crippen LogP) is 2.50. The Morgan fingerprint density at radius 1 is 1.45 bits per heavy atom. The molecule has 22 heavy (non-hydrogen) atoms. The van der Waals surface area contributed by atoms with Crippen molar-refractivity contribution in [3.63, 3.8) is 0 Å². The van der Waals surface area contributed by atoms with E-state index >= 15 is 0 Å². The van der Waals surface area contributed by atoms with E-state index in [1.54, 1.807) is 6.20 Å². The molecule has 1 saturated heterocycles. The van der Waals surface area contributed by atoms with Gasteiger partial charge in [0.25, 0.3) is 0 Å². The van der Waals surface area contributed by atoms with Crippen molar-refractivity contribution in [2.24, 2.45) is 13.0 Å². The highest BCUT2D eigenvalue weighted by molar-refractivity contribution is 5.88. The Bertz CT molecular complexity index is 542. The molecule has 1 aliphatic carbocycles. The number of hydrogen-bond donors (Lipinski definition) is 1. The Hall–Kier alpha value is -1.62. The van der Waals surface area contributed by atoms with Crippen LogP contribution in [0.4, 0.5) is 0 Å². The highest BCUT2D eigenvalue weighted by atomic mass is 16.5. The van der Waals surface area contributed by atoms with Crippen LogP contribution >= 0.6 is 0 Å². The molecule has 2 aliphatic rings. The van der Waals surface area contributed by atoms with Crippen molar-refractivity contribution in [3.05, 3.63) is 29.6 Å². The Morgan fingerprint density at radius 2 is 2.27 bits per heavy atom. The molecule has 1 aromatic heterocycles. The molecule has 1 saturated carbocycles. The van der Waals surface area contributed by atoms with Crippen LogP contribution in [0.1, 0.15) is 50.3 Å². The molecule has 5 nitrogen and oxygen atoms in total. The summed E-state index contributed by atoms with van der Waals surface area (Å²) in [4.78, 5) is 12.1. The van der Waals surface area contributed by atoms with Gasteiger partial charge in [-0.2, -0.15) is 5.10 Å². The minimum absolute atomic E-state index is 0.0372. The Labute approximate surface area is 131 Å². The first kappa shape index (κ1) is 15.3. The Balaban J connectivity index is 1.54. The summed E-state index contributed by atoms with van der Waals surface area (Å²) in [6.45, 7) is 1.41. The lowest BCUT2D eigenvalue weighted by atomic mass is 9.94. The molecule has 120 valence electrons. The number of hydrogen-bond acceptors (Lipinski definition) is 3. The van der Waals surface area contributed by atoms with Gasteiger partial charge in [0.2, 0.25) is 5.91 Å². The van der Waals surface area contributed by atoms with Gasteiger partial charge >= 0.3 is 0 Å². The zero-order valence-electron chi connectivity index (χ0n) is 13.3. The zero-order valence-corrected chi connectivity index (χ0v) is 13.3. The van der Waals surface area contributed by atoms with E-state index in [4.69, 9.17) is 4.74 Å². The summed E-state index contributed by atoms with van der Waals surface area (Å²) in [5.74, 6) is 0.372. The number of amides is 1. The van der Waals surface area contributed by atoms with Crippen molar-refractivity contribution in [2.75, 3.05) is 13.2 Å². The van der Waals surface area contributed by atoms with E-state index in [-0.39, 0.29) is 12.0 Å². The van der Waals surface area contributed by atoms with Gasteiger partial charge in [-0.05, 0) is 38.2 Å². The number of rotatable bonds is 4. The lowest BCUT2D eigenvalue weighted by Gasteiger charge is -2.19. The molecule has 1 aliphatic heterocycles. The minimum atomic E-state index is 0.0372. The lowest BCUT2D eigenvalue weighted by molar-refractivity contribution is -0.116. The van der Waals surface area contributed by atoms with Crippen molar-refractivity contribution >= 4 is 5.91 Å². The third-order valence-corrected chi connectivity index (χ3v) is 4.73. The number of allylic oxidation sites excluding steroid dienone is 1. The second-order valence-corrected chi connectivity index (χ2v) is 6.33. The molecule has 0 unspecified atom stereocenters. The molecule has 2 fully saturated rings. The first-order valence-corrected chi connectivity index (χ1v) is 8.31. The van der Waals surface area contributed by atoms with E-state index in [1.165, 1.54) is 24.8 Å². The summed E-state index contributed by atoms with van der Waals surface area (Å²) in [6, 6.07) is 1.99. The second-order valence-electron chi connectivity index (χ2n) is 6.33. The predicted molar refractivity (Wildman–Crippen MR) is 84.2 cm³/mol. The molecule has 0 spiro atoms. The van der Waals surface area contributed by atoms with E-state index in [9.17, 15) is 4.79 Å². The van der Waals surface area contributed by atoms with Crippen LogP contribution in [0.25, 0.3) is 0 Å². The summed E-state index contributed by atoms with van der Waals surface area (Å²) in [7, 11) is 1.93. The molecule has 0 radical (unpaired) electrons. The summed E-state index contributed by atoms with van der Waals surface area (Å²) in [5, 5.41) is 7.27. The number of carbonyl (C=O) groups excluding carboxylic acids is 1. The highest BCUT2D eigenvalue weighted by Crippen LogP contribution is 2.33. The quantitative estimate of drug-likeness (QED) is 0.870. The number of nitrogens with zero attached hydrogens (tertiary/aromatic N) is 2. The fraction of sp³-hybridized carbons (Fsp3) is 0.647. The monoisotopic (exact) mass is 303 g/mol. The molecule has 1 aromatic rings. The van der Waals surface area contributed by atoms with Crippen molar-refractivity contribution in [1.29, 1.82) is 0 Å². The molecule has 3 rings (SSSR count). The van der Waals surface area contributed by atoms with Gasteiger partial charge < -0.3 is 10.1 Å². The third-order valence-electron chi connectivity index (χ3n) is 4.73. The van der Waals surface area contributed by atoms with Gasteiger partial charge in [-0.3, -0.25) is 9.48 Å². The van der Waals surface area contributed by atoms with E-state index in [2.05, 4.69) is 10.4 Å². The molecule has 5 heteroatoms. The zero-order chi connectivity index (χ0) is 15.4. The number of carbonyl (C=O) groups is 1. The maximum absolute atomic E-state index is 12.1. The third kappa shape index (κ3) is 3.58. The van der Waals surface area contributed by atoms with Crippen LogP contribution in [0, 0.1) is 5.92 Å². The van der Waals surface area contributed by atoms with Crippen molar-refractivity contribution in [3.8, 4) is 0 Å². The molecule has 2 heterocycles. The molecule has 0 aromatic carbocycles. The van der Waals surface area contributed by atoms with Crippen molar-refractivity contribution in [1.82, 2.24) is 15.1 Å². The standard InChI is InChI=1S/C17H25N3O2/c1-20-15(7-9-19-20)17-14(8-10-22-17)12-18-16(21)11-13-5-3-2-4-6-13/h7,9,11,14,17H,2-6,8,10,12H2,1H3,(H,18,21)/t14-,17+/m0/s1. The number of aryl methyl sites for hydroxylation is 1. The van der Waals surface area contributed by atoms with Crippen LogP contribution in [0.3, 0.4) is 0 Å². The fourth-order valence-corrected chi connectivity index (χ4v) is 3.45. The summed E-state index contributed by atoms with van der Waals surface area (Å²) >= 11 is 0. The largest absolute Gasteiger partial charge is 0.372 e. The molecular weight excluding hydrogens is 278 g/mol. The molecular formula is C17H25N3O2. The number of aromatic nitrogens is 2. The molecule has 1 N–H and O–H groups in total.